The lowest BCUT2D eigenvalue weighted by atomic mass is 9.91. The predicted molar refractivity (Wildman–Crippen MR) is 72.6 cm³/mol. The van der Waals surface area contributed by atoms with Gasteiger partial charge in [-0.05, 0) is 25.7 Å². The third kappa shape index (κ3) is 2.96. The molecule has 4 nitrogen and oxygen atoms in total. The Labute approximate surface area is 107 Å². The zero-order valence-electron chi connectivity index (χ0n) is 10.9. The molecule has 17 heavy (non-hydrogen) atoms. The van der Waals surface area contributed by atoms with Crippen LogP contribution in [0.4, 0.5) is 5.13 Å². The summed E-state index contributed by atoms with van der Waals surface area (Å²) in [6.45, 7) is 4.26. The number of nitrogens with zero attached hydrogens (tertiary/aromatic N) is 3. The van der Waals surface area contributed by atoms with Crippen LogP contribution in [-0.4, -0.2) is 28.5 Å². The largest absolute Gasteiger partial charge is 0.347 e. The average Bonchev–Trinajstić information content (AvgIpc) is 2.78. The van der Waals surface area contributed by atoms with E-state index in [4.69, 9.17) is 5.73 Å². The van der Waals surface area contributed by atoms with E-state index in [1.165, 1.54) is 24.4 Å². The monoisotopic (exact) mass is 254 g/mol. The minimum Gasteiger partial charge on any atom is -0.347 e. The van der Waals surface area contributed by atoms with Crippen molar-refractivity contribution in [3.63, 3.8) is 0 Å². The van der Waals surface area contributed by atoms with E-state index in [0.717, 1.165) is 23.8 Å². The SMILES string of the molecule is CC(C)c1nsc(N(C)C2CCC(N)CC2)n1. The Kier molecular flexibility index (Phi) is 3.99. The number of rotatable bonds is 3. The smallest absolute Gasteiger partial charge is 0.205 e. The highest BCUT2D eigenvalue weighted by Crippen LogP contribution is 2.27. The van der Waals surface area contributed by atoms with E-state index in [-0.39, 0.29) is 0 Å². The molecular weight excluding hydrogens is 232 g/mol. The molecule has 0 aliphatic heterocycles. The van der Waals surface area contributed by atoms with Gasteiger partial charge in [-0.2, -0.15) is 4.37 Å². The summed E-state index contributed by atoms with van der Waals surface area (Å²) in [4.78, 5) is 6.89. The molecule has 0 atom stereocenters. The van der Waals surface area contributed by atoms with E-state index < -0.39 is 0 Å². The number of aromatic nitrogens is 2. The molecule has 0 unspecified atom stereocenters. The minimum atomic E-state index is 0.403. The van der Waals surface area contributed by atoms with E-state index in [1.54, 1.807) is 0 Å². The van der Waals surface area contributed by atoms with E-state index in [0.29, 0.717) is 18.0 Å². The van der Waals surface area contributed by atoms with Crippen LogP contribution in [0.25, 0.3) is 0 Å². The van der Waals surface area contributed by atoms with Crippen molar-refractivity contribution in [3.05, 3.63) is 5.82 Å². The first-order valence-electron chi connectivity index (χ1n) is 6.40. The molecular formula is C12H22N4S. The zero-order chi connectivity index (χ0) is 12.4. The standard InChI is InChI=1S/C12H22N4S/c1-8(2)11-14-12(17-15-11)16(3)10-6-4-9(13)5-7-10/h8-10H,4-7,13H2,1-3H3. The second kappa shape index (κ2) is 5.31. The second-order valence-electron chi connectivity index (χ2n) is 5.27. The van der Waals surface area contributed by atoms with Gasteiger partial charge in [-0.1, -0.05) is 13.8 Å². The van der Waals surface area contributed by atoms with Gasteiger partial charge in [0.05, 0.1) is 0 Å². The normalized spacial score (nSPS) is 25.2. The molecule has 96 valence electrons. The van der Waals surface area contributed by atoms with Gasteiger partial charge in [0.1, 0.15) is 5.82 Å². The maximum absolute atomic E-state index is 5.94. The molecule has 0 amide bonds. The van der Waals surface area contributed by atoms with Gasteiger partial charge in [0.2, 0.25) is 5.13 Å². The Balaban J connectivity index is 2.01. The topological polar surface area (TPSA) is 55.0 Å². The van der Waals surface area contributed by atoms with Crippen LogP contribution < -0.4 is 10.6 Å². The maximum Gasteiger partial charge on any atom is 0.205 e. The van der Waals surface area contributed by atoms with E-state index in [1.807, 2.05) is 0 Å². The van der Waals surface area contributed by atoms with Crippen molar-refractivity contribution in [2.45, 2.75) is 57.5 Å². The van der Waals surface area contributed by atoms with Crippen molar-refractivity contribution in [2.75, 3.05) is 11.9 Å². The molecule has 2 rings (SSSR count). The van der Waals surface area contributed by atoms with Gasteiger partial charge < -0.3 is 10.6 Å². The molecule has 2 N–H and O–H groups in total. The summed E-state index contributed by atoms with van der Waals surface area (Å²) in [7, 11) is 2.13. The van der Waals surface area contributed by atoms with E-state index in [2.05, 4.69) is 35.2 Å². The summed E-state index contributed by atoms with van der Waals surface area (Å²) >= 11 is 1.51. The Morgan fingerprint density at radius 1 is 1.29 bits per heavy atom. The average molecular weight is 254 g/mol. The Bertz CT molecular complexity index is 355. The fourth-order valence-corrected chi connectivity index (χ4v) is 3.09. The highest BCUT2D eigenvalue weighted by atomic mass is 32.1. The van der Waals surface area contributed by atoms with Gasteiger partial charge in [0.25, 0.3) is 0 Å². The minimum absolute atomic E-state index is 0.403. The molecule has 1 aromatic rings. The molecule has 1 heterocycles. The number of hydrogen-bond donors (Lipinski definition) is 1. The van der Waals surface area contributed by atoms with Crippen molar-refractivity contribution < 1.29 is 0 Å². The highest BCUT2D eigenvalue weighted by Gasteiger charge is 2.24. The zero-order valence-corrected chi connectivity index (χ0v) is 11.7. The lowest BCUT2D eigenvalue weighted by Gasteiger charge is -2.33. The van der Waals surface area contributed by atoms with Gasteiger partial charge in [-0.3, -0.25) is 0 Å². The van der Waals surface area contributed by atoms with Crippen LogP contribution in [0.15, 0.2) is 0 Å². The fourth-order valence-electron chi connectivity index (χ4n) is 2.25. The summed E-state index contributed by atoms with van der Waals surface area (Å²) in [5.41, 5.74) is 5.94. The molecule has 1 aromatic heterocycles. The quantitative estimate of drug-likeness (QED) is 0.899. The number of hydrogen-bond acceptors (Lipinski definition) is 5. The van der Waals surface area contributed by atoms with Crippen LogP contribution in [-0.2, 0) is 0 Å². The first kappa shape index (κ1) is 12.8. The summed E-state index contributed by atoms with van der Waals surface area (Å²) in [5, 5.41) is 1.05. The number of nitrogens with two attached hydrogens (primary N) is 1. The van der Waals surface area contributed by atoms with E-state index >= 15 is 0 Å². The maximum atomic E-state index is 5.94. The van der Waals surface area contributed by atoms with Crippen LogP contribution in [0, 0.1) is 0 Å². The molecule has 5 heteroatoms. The molecule has 1 aliphatic carbocycles. The van der Waals surface area contributed by atoms with Gasteiger partial charge in [0, 0.05) is 36.6 Å². The molecule has 0 radical (unpaired) electrons. The molecule has 0 spiro atoms. The van der Waals surface area contributed by atoms with Crippen LogP contribution in [0.1, 0.15) is 51.3 Å². The molecule has 1 fully saturated rings. The lowest BCUT2D eigenvalue weighted by Crippen LogP contribution is -2.38. The second-order valence-corrected chi connectivity index (χ2v) is 6.00. The Morgan fingerprint density at radius 2 is 1.94 bits per heavy atom. The van der Waals surface area contributed by atoms with Gasteiger partial charge >= 0.3 is 0 Å². The van der Waals surface area contributed by atoms with Gasteiger partial charge in [0.15, 0.2) is 0 Å². The molecule has 0 saturated heterocycles. The summed E-state index contributed by atoms with van der Waals surface area (Å²) in [6.07, 6.45) is 4.61. The predicted octanol–water partition coefficient (Wildman–Crippen LogP) is 2.37. The molecule has 0 aromatic carbocycles. The lowest BCUT2D eigenvalue weighted by molar-refractivity contribution is 0.384. The highest BCUT2D eigenvalue weighted by molar-refractivity contribution is 7.09. The van der Waals surface area contributed by atoms with Crippen LogP contribution in [0.2, 0.25) is 0 Å². The molecule has 1 aliphatic rings. The van der Waals surface area contributed by atoms with Gasteiger partial charge in [-0.25, -0.2) is 4.98 Å². The Hall–Kier alpha value is -0.680. The first-order chi connectivity index (χ1) is 8.08. The fraction of sp³-hybridized carbons (Fsp3) is 0.833. The third-order valence-electron chi connectivity index (χ3n) is 3.54. The van der Waals surface area contributed by atoms with E-state index in [9.17, 15) is 0 Å². The first-order valence-corrected chi connectivity index (χ1v) is 7.17. The van der Waals surface area contributed by atoms with Crippen molar-refractivity contribution in [2.24, 2.45) is 5.73 Å². The van der Waals surface area contributed by atoms with Crippen LogP contribution in [0.3, 0.4) is 0 Å². The van der Waals surface area contributed by atoms with Crippen molar-refractivity contribution in [1.29, 1.82) is 0 Å². The summed E-state index contributed by atoms with van der Waals surface area (Å²) in [5.74, 6) is 1.37. The van der Waals surface area contributed by atoms with Crippen molar-refractivity contribution >= 4 is 16.7 Å². The van der Waals surface area contributed by atoms with Crippen molar-refractivity contribution in [3.8, 4) is 0 Å². The molecule has 0 bridgehead atoms. The number of anilines is 1. The van der Waals surface area contributed by atoms with Crippen LogP contribution >= 0.6 is 11.5 Å². The Morgan fingerprint density at radius 3 is 2.47 bits per heavy atom. The third-order valence-corrected chi connectivity index (χ3v) is 4.36. The van der Waals surface area contributed by atoms with Gasteiger partial charge in [-0.15, -0.1) is 0 Å². The van der Waals surface area contributed by atoms with Crippen molar-refractivity contribution in [1.82, 2.24) is 9.36 Å². The van der Waals surface area contributed by atoms with Crippen LogP contribution in [0.5, 0.6) is 0 Å². The molecule has 1 saturated carbocycles. The summed E-state index contributed by atoms with van der Waals surface area (Å²) in [6, 6.07) is 0.989. The summed E-state index contributed by atoms with van der Waals surface area (Å²) < 4.78 is 4.41.